The predicted molar refractivity (Wildman–Crippen MR) is 64.7 cm³/mol. The van der Waals surface area contributed by atoms with E-state index >= 15 is 0 Å². The Balaban J connectivity index is 2.18. The summed E-state index contributed by atoms with van der Waals surface area (Å²) in [6, 6.07) is 4.53. The Bertz CT molecular complexity index is 271. The van der Waals surface area contributed by atoms with Gasteiger partial charge in [0.25, 0.3) is 0 Å². The molecule has 78 valence electrons. The van der Waals surface area contributed by atoms with Crippen molar-refractivity contribution in [3.05, 3.63) is 34.0 Å². The van der Waals surface area contributed by atoms with Crippen molar-refractivity contribution in [1.82, 2.24) is 0 Å². The summed E-state index contributed by atoms with van der Waals surface area (Å²) in [6.07, 6.45) is 5.59. The van der Waals surface area contributed by atoms with Crippen molar-refractivity contribution in [2.45, 2.75) is 39.2 Å². The second kappa shape index (κ2) is 5.99. The first-order valence-corrected chi connectivity index (χ1v) is 5.99. The Hall–Kier alpha value is -0.600. The third-order valence-electron chi connectivity index (χ3n) is 2.09. The van der Waals surface area contributed by atoms with Crippen molar-refractivity contribution >= 4 is 11.3 Å². The van der Waals surface area contributed by atoms with E-state index in [4.69, 9.17) is 5.73 Å². The molecular formula is C12H19NS. The molecule has 0 saturated heterocycles. The van der Waals surface area contributed by atoms with Gasteiger partial charge in [0, 0.05) is 10.9 Å². The molecule has 0 bridgehead atoms. The lowest BCUT2D eigenvalue weighted by atomic mass is 10.1. The highest BCUT2D eigenvalue weighted by Gasteiger charge is 1.99. The monoisotopic (exact) mass is 209 g/mol. The average molecular weight is 209 g/mol. The van der Waals surface area contributed by atoms with Gasteiger partial charge in [0.1, 0.15) is 0 Å². The maximum atomic E-state index is 5.94. The molecule has 1 aromatic rings. The molecule has 0 saturated carbocycles. The maximum absolute atomic E-state index is 5.94. The molecule has 2 heteroatoms. The molecule has 0 radical (unpaired) electrons. The molecule has 1 aromatic heterocycles. The van der Waals surface area contributed by atoms with Gasteiger partial charge in [-0.3, -0.25) is 0 Å². The zero-order chi connectivity index (χ0) is 10.4. The average Bonchev–Trinajstić information content (AvgIpc) is 2.55. The molecule has 2 N–H and O–H groups in total. The Morgan fingerprint density at radius 2 is 2.36 bits per heavy atom. The van der Waals surface area contributed by atoms with Crippen LogP contribution in [0.3, 0.4) is 0 Å². The summed E-state index contributed by atoms with van der Waals surface area (Å²) in [6.45, 7) is 4.19. The predicted octanol–water partition coefficient (Wildman–Crippen LogP) is 3.36. The fourth-order valence-electron chi connectivity index (χ4n) is 1.48. The lowest BCUT2D eigenvalue weighted by Crippen LogP contribution is -2.17. The van der Waals surface area contributed by atoms with Gasteiger partial charge in [0.05, 0.1) is 0 Å². The van der Waals surface area contributed by atoms with Gasteiger partial charge in [-0.15, -0.1) is 11.3 Å². The molecule has 0 fully saturated rings. The number of allylic oxidation sites excluding steroid dienone is 1. The summed E-state index contributed by atoms with van der Waals surface area (Å²) in [4.78, 5) is 1.47. The highest BCUT2D eigenvalue weighted by molar-refractivity contribution is 7.09. The summed E-state index contributed by atoms with van der Waals surface area (Å²) in [5, 5.41) is 2.13. The molecule has 1 rings (SSSR count). The smallest absolute Gasteiger partial charge is 0.0226 e. The fraction of sp³-hybridized carbons (Fsp3) is 0.500. The summed E-state index contributed by atoms with van der Waals surface area (Å²) < 4.78 is 0. The summed E-state index contributed by atoms with van der Waals surface area (Å²) >= 11 is 1.83. The molecule has 1 unspecified atom stereocenters. The third kappa shape index (κ3) is 4.58. The molecule has 0 aliphatic rings. The van der Waals surface area contributed by atoms with E-state index in [9.17, 15) is 0 Å². The fourth-order valence-corrected chi connectivity index (χ4v) is 2.23. The first-order chi connectivity index (χ1) is 6.68. The molecule has 0 spiro atoms. The van der Waals surface area contributed by atoms with Crippen molar-refractivity contribution < 1.29 is 0 Å². The van der Waals surface area contributed by atoms with E-state index in [1.807, 2.05) is 11.3 Å². The topological polar surface area (TPSA) is 26.0 Å². The molecule has 0 aliphatic heterocycles. The van der Waals surface area contributed by atoms with Crippen molar-refractivity contribution in [1.29, 1.82) is 0 Å². The normalized spacial score (nSPS) is 12.5. The summed E-state index contributed by atoms with van der Waals surface area (Å²) in [5.74, 6) is 0. The van der Waals surface area contributed by atoms with Crippen LogP contribution in [0.2, 0.25) is 0 Å². The van der Waals surface area contributed by atoms with Gasteiger partial charge in [0.15, 0.2) is 0 Å². The highest BCUT2D eigenvalue weighted by atomic mass is 32.1. The van der Waals surface area contributed by atoms with Crippen LogP contribution in [0, 0.1) is 0 Å². The van der Waals surface area contributed by atoms with Gasteiger partial charge in [-0.05, 0) is 44.6 Å². The lowest BCUT2D eigenvalue weighted by molar-refractivity contribution is 0.667. The van der Waals surface area contributed by atoms with E-state index in [2.05, 4.69) is 37.4 Å². The first kappa shape index (κ1) is 11.5. The Kier molecular flexibility index (Phi) is 4.91. The Morgan fingerprint density at radius 1 is 1.57 bits per heavy atom. The van der Waals surface area contributed by atoms with Crippen molar-refractivity contribution in [3.63, 3.8) is 0 Å². The zero-order valence-corrected chi connectivity index (χ0v) is 9.81. The van der Waals surface area contributed by atoms with Crippen LogP contribution in [0.4, 0.5) is 0 Å². The molecular weight excluding hydrogens is 190 g/mol. The van der Waals surface area contributed by atoms with E-state index in [0.717, 1.165) is 6.42 Å². The standard InChI is InChI=1S/C12H19NS/c1-10(2)9-11(13)5-3-6-12-7-4-8-14-12/h4,7-9,11H,3,5-6,13H2,1-2H3. The molecule has 14 heavy (non-hydrogen) atoms. The van der Waals surface area contributed by atoms with Crippen molar-refractivity contribution in [2.24, 2.45) is 5.73 Å². The van der Waals surface area contributed by atoms with E-state index in [1.165, 1.54) is 23.3 Å². The number of hydrogen-bond acceptors (Lipinski definition) is 2. The number of rotatable bonds is 5. The molecule has 1 atom stereocenters. The minimum absolute atomic E-state index is 0.236. The second-order valence-electron chi connectivity index (χ2n) is 3.88. The molecule has 0 aromatic carbocycles. The summed E-state index contributed by atoms with van der Waals surface area (Å²) in [5.41, 5.74) is 7.25. The Labute approximate surface area is 90.6 Å². The molecule has 1 heterocycles. The van der Waals surface area contributed by atoms with E-state index < -0.39 is 0 Å². The van der Waals surface area contributed by atoms with Crippen LogP contribution in [0.25, 0.3) is 0 Å². The van der Waals surface area contributed by atoms with Gasteiger partial charge < -0.3 is 5.73 Å². The SMILES string of the molecule is CC(C)=CC(N)CCCc1cccs1. The van der Waals surface area contributed by atoms with Crippen LogP contribution in [-0.2, 0) is 6.42 Å². The van der Waals surface area contributed by atoms with Gasteiger partial charge in [-0.1, -0.05) is 17.7 Å². The minimum atomic E-state index is 0.236. The van der Waals surface area contributed by atoms with Crippen molar-refractivity contribution in [3.8, 4) is 0 Å². The van der Waals surface area contributed by atoms with Crippen LogP contribution in [0.1, 0.15) is 31.6 Å². The van der Waals surface area contributed by atoms with Crippen LogP contribution in [0.15, 0.2) is 29.2 Å². The van der Waals surface area contributed by atoms with E-state index in [-0.39, 0.29) is 6.04 Å². The third-order valence-corrected chi connectivity index (χ3v) is 3.02. The van der Waals surface area contributed by atoms with E-state index in [1.54, 1.807) is 0 Å². The van der Waals surface area contributed by atoms with Gasteiger partial charge in [-0.25, -0.2) is 0 Å². The van der Waals surface area contributed by atoms with Gasteiger partial charge in [-0.2, -0.15) is 0 Å². The van der Waals surface area contributed by atoms with Crippen LogP contribution in [-0.4, -0.2) is 6.04 Å². The molecule has 0 amide bonds. The second-order valence-corrected chi connectivity index (χ2v) is 4.91. The van der Waals surface area contributed by atoms with Crippen LogP contribution < -0.4 is 5.73 Å². The highest BCUT2D eigenvalue weighted by Crippen LogP contribution is 2.12. The quantitative estimate of drug-likeness (QED) is 0.739. The number of nitrogens with two attached hydrogens (primary N) is 1. The maximum Gasteiger partial charge on any atom is 0.0226 e. The summed E-state index contributed by atoms with van der Waals surface area (Å²) in [7, 11) is 0. The minimum Gasteiger partial charge on any atom is -0.324 e. The lowest BCUT2D eigenvalue weighted by Gasteiger charge is -2.06. The number of aryl methyl sites for hydroxylation is 1. The molecule has 0 aliphatic carbocycles. The van der Waals surface area contributed by atoms with Gasteiger partial charge >= 0.3 is 0 Å². The molecule has 1 nitrogen and oxygen atoms in total. The van der Waals surface area contributed by atoms with E-state index in [0.29, 0.717) is 0 Å². The number of hydrogen-bond donors (Lipinski definition) is 1. The van der Waals surface area contributed by atoms with Crippen molar-refractivity contribution in [2.75, 3.05) is 0 Å². The van der Waals surface area contributed by atoms with Crippen LogP contribution in [0.5, 0.6) is 0 Å². The van der Waals surface area contributed by atoms with Crippen LogP contribution >= 0.6 is 11.3 Å². The zero-order valence-electron chi connectivity index (χ0n) is 8.99. The number of thiophene rings is 1. The van der Waals surface area contributed by atoms with Gasteiger partial charge in [0.2, 0.25) is 0 Å². The first-order valence-electron chi connectivity index (χ1n) is 5.11. The largest absolute Gasteiger partial charge is 0.324 e. The Morgan fingerprint density at radius 3 is 2.93 bits per heavy atom.